The maximum atomic E-state index is 5.33. The van der Waals surface area contributed by atoms with E-state index in [-0.39, 0.29) is 0 Å². The molecule has 1 nitrogen and oxygen atoms in total. The predicted molar refractivity (Wildman–Crippen MR) is 59.3 cm³/mol. The van der Waals surface area contributed by atoms with Gasteiger partial charge >= 0.3 is 0 Å². The summed E-state index contributed by atoms with van der Waals surface area (Å²) in [5, 5.41) is 0. The van der Waals surface area contributed by atoms with Gasteiger partial charge in [0.15, 0.2) is 0 Å². The average molecular weight is 188 g/mol. The number of ether oxygens (including phenoxy) is 1. The molecular weight excluding hydrogens is 172 g/mol. The van der Waals surface area contributed by atoms with Crippen molar-refractivity contribution in [1.29, 1.82) is 0 Å². The monoisotopic (exact) mass is 188 g/mol. The Kier molecular flexibility index (Phi) is 2.42. The molecule has 74 valence electrons. The van der Waals surface area contributed by atoms with Gasteiger partial charge in [0.2, 0.25) is 0 Å². The van der Waals surface area contributed by atoms with E-state index in [1.54, 1.807) is 0 Å². The van der Waals surface area contributed by atoms with Crippen molar-refractivity contribution >= 4 is 6.08 Å². The molecule has 1 heterocycles. The molecule has 0 aromatic heterocycles. The van der Waals surface area contributed by atoms with Crippen LogP contribution in [0.25, 0.3) is 6.08 Å². The molecule has 1 atom stereocenters. The molecule has 1 aromatic carbocycles. The number of rotatable bonds is 3. The molecular formula is C13H16O. The van der Waals surface area contributed by atoms with Crippen LogP contribution in [0.15, 0.2) is 18.7 Å². The highest BCUT2D eigenvalue weighted by Gasteiger charge is 2.27. The van der Waals surface area contributed by atoms with Gasteiger partial charge in [-0.3, -0.25) is 0 Å². The van der Waals surface area contributed by atoms with Crippen LogP contribution in [0.5, 0.6) is 0 Å². The van der Waals surface area contributed by atoms with Crippen molar-refractivity contribution in [2.45, 2.75) is 26.4 Å². The first-order valence-electron chi connectivity index (χ1n) is 5.13. The Bertz CT molecular complexity index is 362. The largest absolute Gasteiger partial charge is 0.368 e. The molecule has 1 aliphatic heterocycles. The summed E-state index contributed by atoms with van der Waals surface area (Å²) >= 11 is 0. The SMILES string of the molecule is C=Cc1cc(C)c(CC)cc1C1CO1. The third-order valence-corrected chi connectivity index (χ3v) is 2.82. The summed E-state index contributed by atoms with van der Waals surface area (Å²) in [6, 6.07) is 4.48. The molecule has 0 aliphatic carbocycles. The molecule has 1 heteroatoms. The van der Waals surface area contributed by atoms with Gasteiger partial charge in [-0.05, 0) is 35.6 Å². The van der Waals surface area contributed by atoms with E-state index in [2.05, 4.69) is 32.6 Å². The highest BCUT2D eigenvalue weighted by Crippen LogP contribution is 2.34. The highest BCUT2D eigenvalue weighted by molar-refractivity contribution is 5.56. The van der Waals surface area contributed by atoms with Gasteiger partial charge in [0, 0.05) is 0 Å². The summed E-state index contributed by atoms with van der Waals surface area (Å²) in [5.41, 5.74) is 5.30. The second-order valence-electron chi connectivity index (χ2n) is 3.79. The first kappa shape index (κ1) is 9.47. The van der Waals surface area contributed by atoms with E-state index in [0.29, 0.717) is 6.10 Å². The quantitative estimate of drug-likeness (QED) is 0.663. The van der Waals surface area contributed by atoms with Gasteiger partial charge in [-0.2, -0.15) is 0 Å². The van der Waals surface area contributed by atoms with Crippen LogP contribution in [0.3, 0.4) is 0 Å². The van der Waals surface area contributed by atoms with Crippen LogP contribution in [-0.2, 0) is 11.2 Å². The summed E-state index contributed by atoms with van der Waals surface area (Å²) < 4.78 is 5.33. The van der Waals surface area contributed by atoms with Crippen molar-refractivity contribution in [2.75, 3.05) is 6.61 Å². The first-order valence-corrected chi connectivity index (χ1v) is 5.13. The lowest BCUT2D eigenvalue weighted by Crippen LogP contribution is -1.94. The maximum absolute atomic E-state index is 5.33. The number of benzene rings is 1. The van der Waals surface area contributed by atoms with E-state index in [4.69, 9.17) is 4.74 Å². The third kappa shape index (κ3) is 1.60. The zero-order valence-corrected chi connectivity index (χ0v) is 8.84. The van der Waals surface area contributed by atoms with E-state index in [9.17, 15) is 0 Å². The number of hydrogen-bond acceptors (Lipinski definition) is 1. The number of hydrogen-bond donors (Lipinski definition) is 0. The fourth-order valence-corrected chi connectivity index (χ4v) is 1.86. The molecule has 0 spiro atoms. The van der Waals surface area contributed by atoms with Crippen molar-refractivity contribution in [3.8, 4) is 0 Å². The van der Waals surface area contributed by atoms with Crippen LogP contribution in [0.1, 0.15) is 35.3 Å². The second-order valence-corrected chi connectivity index (χ2v) is 3.79. The second kappa shape index (κ2) is 3.58. The standard InChI is InChI=1S/C13H16O/c1-4-10-7-12(13-8-14-13)11(5-2)6-9(10)3/h5-7,13H,2,4,8H2,1,3H3. The fourth-order valence-electron chi connectivity index (χ4n) is 1.86. The molecule has 1 unspecified atom stereocenters. The van der Waals surface area contributed by atoms with Crippen molar-refractivity contribution < 1.29 is 4.74 Å². The Morgan fingerprint density at radius 2 is 2.29 bits per heavy atom. The van der Waals surface area contributed by atoms with Crippen LogP contribution in [0.4, 0.5) is 0 Å². The van der Waals surface area contributed by atoms with Crippen LogP contribution < -0.4 is 0 Å². The van der Waals surface area contributed by atoms with Gasteiger partial charge in [0.05, 0.1) is 6.61 Å². The van der Waals surface area contributed by atoms with Crippen molar-refractivity contribution in [3.63, 3.8) is 0 Å². The predicted octanol–water partition coefficient (Wildman–Crippen LogP) is 3.27. The molecule has 0 bridgehead atoms. The molecule has 1 fully saturated rings. The molecule has 0 N–H and O–H groups in total. The summed E-state index contributed by atoms with van der Waals surface area (Å²) in [6.45, 7) is 9.05. The summed E-state index contributed by atoms with van der Waals surface area (Å²) in [6.07, 6.45) is 3.33. The summed E-state index contributed by atoms with van der Waals surface area (Å²) in [4.78, 5) is 0. The molecule has 1 saturated heterocycles. The summed E-state index contributed by atoms with van der Waals surface area (Å²) in [7, 11) is 0. The van der Waals surface area contributed by atoms with E-state index >= 15 is 0 Å². The lowest BCUT2D eigenvalue weighted by Gasteiger charge is -2.09. The molecule has 14 heavy (non-hydrogen) atoms. The lowest BCUT2D eigenvalue weighted by molar-refractivity contribution is 0.415. The Balaban J connectivity index is 2.49. The minimum absolute atomic E-state index is 0.328. The van der Waals surface area contributed by atoms with E-state index in [0.717, 1.165) is 13.0 Å². The minimum atomic E-state index is 0.328. The molecule has 1 aromatic rings. The van der Waals surface area contributed by atoms with Gasteiger partial charge in [0.25, 0.3) is 0 Å². The normalized spacial score (nSPS) is 19.4. The molecule has 0 saturated carbocycles. The average Bonchev–Trinajstić information content (AvgIpc) is 3.01. The van der Waals surface area contributed by atoms with Crippen molar-refractivity contribution in [2.24, 2.45) is 0 Å². The van der Waals surface area contributed by atoms with Gasteiger partial charge < -0.3 is 4.74 Å². The highest BCUT2D eigenvalue weighted by atomic mass is 16.6. The Hall–Kier alpha value is -1.08. The third-order valence-electron chi connectivity index (χ3n) is 2.82. The number of aryl methyl sites for hydroxylation is 2. The molecule has 2 rings (SSSR count). The first-order chi connectivity index (χ1) is 6.76. The zero-order valence-electron chi connectivity index (χ0n) is 8.84. The van der Waals surface area contributed by atoms with Gasteiger partial charge in [-0.25, -0.2) is 0 Å². The minimum Gasteiger partial charge on any atom is -0.368 e. The Labute approximate surface area is 85.4 Å². The van der Waals surface area contributed by atoms with Gasteiger partial charge in [-0.1, -0.05) is 31.7 Å². The van der Waals surface area contributed by atoms with E-state index in [1.165, 1.54) is 22.3 Å². The smallest absolute Gasteiger partial charge is 0.107 e. The van der Waals surface area contributed by atoms with Gasteiger partial charge in [-0.15, -0.1) is 0 Å². The molecule has 0 radical (unpaired) electrons. The maximum Gasteiger partial charge on any atom is 0.107 e. The van der Waals surface area contributed by atoms with E-state index < -0.39 is 0 Å². The number of epoxide rings is 1. The van der Waals surface area contributed by atoms with Crippen LogP contribution in [0, 0.1) is 6.92 Å². The van der Waals surface area contributed by atoms with Crippen LogP contribution in [-0.4, -0.2) is 6.61 Å². The van der Waals surface area contributed by atoms with E-state index in [1.807, 2.05) is 6.08 Å². The fraction of sp³-hybridized carbons (Fsp3) is 0.385. The van der Waals surface area contributed by atoms with Crippen LogP contribution >= 0.6 is 0 Å². The Morgan fingerprint density at radius 1 is 1.57 bits per heavy atom. The lowest BCUT2D eigenvalue weighted by atomic mass is 9.96. The topological polar surface area (TPSA) is 12.5 Å². The van der Waals surface area contributed by atoms with Crippen molar-refractivity contribution in [1.82, 2.24) is 0 Å². The summed E-state index contributed by atoms with van der Waals surface area (Å²) in [5.74, 6) is 0. The zero-order chi connectivity index (χ0) is 10.1. The van der Waals surface area contributed by atoms with Crippen molar-refractivity contribution in [3.05, 3.63) is 41.0 Å². The Morgan fingerprint density at radius 3 is 2.79 bits per heavy atom. The molecule has 0 amide bonds. The van der Waals surface area contributed by atoms with Gasteiger partial charge in [0.1, 0.15) is 6.10 Å². The van der Waals surface area contributed by atoms with Crippen LogP contribution in [0.2, 0.25) is 0 Å². The molecule has 1 aliphatic rings.